The van der Waals surface area contributed by atoms with Gasteiger partial charge in [-0.15, -0.1) is 0 Å². The molecule has 0 saturated carbocycles. The van der Waals surface area contributed by atoms with Crippen molar-refractivity contribution < 1.29 is 14.3 Å². The third kappa shape index (κ3) is 5.65. The Balaban J connectivity index is 1.90. The van der Waals surface area contributed by atoms with E-state index in [1.807, 2.05) is 26.8 Å². The van der Waals surface area contributed by atoms with E-state index in [1.165, 1.54) is 0 Å². The van der Waals surface area contributed by atoms with E-state index in [0.717, 1.165) is 5.56 Å². The lowest BCUT2D eigenvalue weighted by Crippen LogP contribution is -2.42. The summed E-state index contributed by atoms with van der Waals surface area (Å²) < 4.78 is 5.56. The summed E-state index contributed by atoms with van der Waals surface area (Å²) in [5.41, 5.74) is 0.816. The molecular formula is C23H25Cl3N2O3. The molecule has 2 amide bonds. The van der Waals surface area contributed by atoms with Gasteiger partial charge in [0.15, 0.2) is 0 Å². The van der Waals surface area contributed by atoms with Crippen LogP contribution in [0.25, 0.3) is 0 Å². The van der Waals surface area contributed by atoms with Crippen LogP contribution in [-0.2, 0) is 4.74 Å². The first-order valence-corrected chi connectivity index (χ1v) is 11.1. The Morgan fingerprint density at radius 2 is 1.65 bits per heavy atom. The molecule has 1 aliphatic rings. The van der Waals surface area contributed by atoms with E-state index >= 15 is 0 Å². The highest BCUT2D eigenvalue weighted by molar-refractivity contribution is 6.42. The predicted molar refractivity (Wildman–Crippen MR) is 124 cm³/mol. The molecule has 0 aliphatic carbocycles. The maximum atomic E-state index is 13.1. The molecular weight excluding hydrogens is 459 g/mol. The monoisotopic (exact) mass is 482 g/mol. The number of likely N-dealkylation sites (N-methyl/N-ethyl adjacent to an activating group) is 1. The minimum atomic E-state index is -0.612. The lowest BCUT2D eigenvalue weighted by atomic mass is 9.93. The summed E-state index contributed by atoms with van der Waals surface area (Å²) in [7, 11) is 1.74. The van der Waals surface area contributed by atoms with Gasteiger partial charge in [-0.25, -0.2) is 4.79 Å². The average molecular weight is 484 g/mol. The van der Waals surface area contributed by atoms with Gasteiger partial charge in [-0.2, -0.15) is 0 Å². The van der Waals surface area contributed by atoms with Crippen molar-refractivity contribution in [2.75, 3.05) is 20.1 Å². The van der Waals surface area contributed by atoms with Gasteiger partial charge in [0, 0.05) is 36.6 Å². The van der Waals surface area contributed by atoms with Gasteiger partial charge in [-0.05, 0) is 62.7 Å². The van der Waals surface area contributed by atoms with Crippen LogP contribution in [0, 0.1) is 0 Å². The number of amides is 2. The lowest BCUT2D eigenvalue weighted by molar-refractivity contribution is 0.0278. The van der Waals surface area contributed by atoms with Gasteiger partial charge in [-0.3, -0.25) is 4.79 Å². The Morgan fingerprint density at radius 1 is 1.00 bits per heavy atom. The molecule has 8 heteroatoms. The fraction of sp³-hybridized carbons (Fsp3) is 0.391. The third-order valence-corrected chi connectivity index (χ3v) is 6.21. The molecule has 1 aliphatic heterocycles. The smallest absolute Gasteiger partial charge is 0.410 e. The second-order valence-corrected chi connectivity index (χ2v) is 9.91. The van der Waals surface area contributed by atoms with Crippen molar-refractivity contribution in [1.29, 1.82) is 0 Å². The van der Waals surface area contributed by atoms with E-state index in [2.05, 4.69) is 0 Å². The number of nitrogens with zero attached hydrogens (tertiary/aromatic N) is 2. The maximum Gasteiger partial charge on any atom is 0.410 e. The summed E-state index contributed by atoms with van der Waals surface area (Å²) in [4.78, 5) is 29.2. The third-order valence-electron chi connectivity index (χ3n) is 5.22. The van der Waals surface area contributed by atoms with E-state index in [0.29, 0.717) is 33.7 Å². The maximum absolute atomic E-state index is 13.1. The standard InChI is InChI=1S/C23H25Cl3N2O3/c1-23(2,3)31-22(30)28-12-17(15-7-10-18(25)19(26)11-15)20(13-28)27(4)21(29)14-5-8-16(24)9-6-14/h5-11,17,20H,12-13H2,1-4H3/t17-,20+/m0/s1. The molecule has 0 bridgehead atoms. The summed E-state index contributed by atoms with van der Waals surface area (Å²) >= 11 is 18.3. The minimum Gasteiger partial charge on any atom is -0.444 e. The predicted octanol–water partition coefficient (Wildman–Crippen LogP) is 6.12. The van der Waals surface area contributed by atoms with Crippen LogP contribution in [0.2, 0.25) is 15.1 Å². The minimum absolute atomic E-state index is 0.150. The fourth-order valence-electron chi connectivity index (χ4n) is 3.67. The van der Waals surface area contributed by atoms with Gasteiger partial charge in [-0.1, -0.05) is 40.9 Å². The summed E-state index contributed by atoms with van der Waals surface area (Å²) in [6.07, 6.45) is -0.410. The molecule has 1 fully saturated rings. The number of carbonyl (C=O) groups is 2. The molecule has 5 nitrogen and oxygen atoms in total. The number of rotatable bonds is 3. The van der Waals surface area contributed by atoms with Gasteiger partial charge < -0.3 is 14.5 Å². The molecule has 0 spiro atoms. The Hall–Kier alpha value is -1.95. The van der Waals surface area contributed by atoms with E-state index in [1.54, 1.807) is 53.2 Å². The number of hydrogen-bond donors (Lipinski definition) is 0. The highest BCUT2D eigenvalue weighted by Gasteiger charge is 2.41. The van der Waals surface area contributed by atoms with Gasteiger partial charge in [0.05, 0.1) is 16.1 Å². The number of ether oxygens (including phenoxy) is 1. The Morgan fingerprint density at radius 3 is 2.23 bits per heavy atom. The molecule has 0 N–H and O–H groups in total. The zero-order valence-electron chi connectivity index (χ0n) is 17.9. The van der Waals surface area contributed by atoms with Crippen LogP contribution in [0.1, 0.15) is 42.6 Å². The Bertz CT molecular complexity index is 973. The first-order chi connectivity index (χ1) is 14.5. The number of hydrogen-bond acceptors (Lipinski definition) is 3. The molecule has 3 rings (SSSR count). The number of halogens is 3. The van der Waals surface area contributed by atoms with Crippen molar-refractivity contribution in [3.8, 4) is 0 Å². The van der Waals surface area contributed by atoms with Gasteiger partial charge in [0.2, 0.25) is 0 Å². The quantitative estimate of drug-likeness (QED) is 0.528. The second-order valence-electron chi connectivity index (χ2n) is 8.66. The van der Waals surface area contributed by atoms with Crippen LogP contribution in [0.5, 0.6) is 0 Å². The number of likely N-dealkylation sites (tertiary alicyclic amines) is 1. The van der Waals surface area contributed by atoms with Gasteiger partial charge in [0.25, 0.3) is 5.91 Å². The van der Waals surface area contributed by atoms with Crippen LogP contribution < -0.4 is 0 Å². The second kappa shape index (κ2) is 9.27. The molecule has 0 unspecified atom stereocenters. The summed E-state index contributed by atoms with van der Waals surface area (Å²) in [6.45, 7) is 6.21. The van der Waals surface area contributed by atoms with Crippen molar-refractivity contribution in [2.45, 2.75) is 38.3 Å². The van der Waals surface area contributed by atoms with E-state index in [-0.39, 0.29) is 17.9 Å². The summed E-state index contributed by atoms with van der Waals surface area (Å²) in [6, 6.07) is 11.9. The molecule has 2 aromatic carbocycles. The normalized spacial score (nSPS) is 18.7. The molecule has 166 valence electrons. The molecule has 2 aromatic rings. The Kier molecular flexibility index (Phi) is 7.09. The van der Waals surface area contributed by atoms with E-state index < -0.39 is 11.7 Å². The van der Waals surface area contributed by atoms with Crippen molar-refractivity contribution in [3.63, 3.8) is 0 Å². The molecule has 0 aromatic heterocycles. The van der Waals surface area contributed by atoms with Crippen LogP contribution in [-0.4, -0.2) is 53.6 Å². The lowest BCUT2D eigenvalue weighted by Gasteiger charge is -2.29. The van der Waals surface area contributed by atoms with Crippen LogP contribution in [0.4, 0.5) is 4.79 Å². The number of carbonyl (C=O) groups excluding carboxylic acids is 2. The molecule has 31 heavy (non-hydrogen) atoms. The highest BCUT2D eigenvalue weighted by atomic mass is 35.5. The molecule has 1 heterocycles. The molecule has 1 saturated heterocycles. The SMILES string of the molecule is CN(C(=O)c1ccc(Cl)cc1)[C@@H]1CN(C(=O)OC(C)(C)C)C[C@H]1c1ccc(Cl)c(Cl)c1. The van der Waals surface area contributed by atoms with E-state index in [4.69, 9.17) is 39.5 Å². The topological polar surface area (TPSA) is 49.9 Å². The first kappa shape index (κ1) is 23.7. The Labute approximate surface area is 197 Å². The van der Waals surface area contributed by atoms with Crippen LogP contribution in [0.3, 0.4) is 0 Å². The van der Waals surface area contributed by atoms with Crippen molar-refractivity contribution in [1.82, 2.24) is 9.80 Å². The zero-order chi connectivity index (χ0) is 22.9. The first-order valence-electron chi connectivity index (χ1n) is 9.92. The fourth-order valence-corrected chi connectivity index (χ4v) is 4.10. The number of benzene rings is 2. The van der Waals surface area contributed by atoms with Crippen molar-refractivity contribution >= 4 is 46.8 Å². The summed E-state index contributed by atoms with van der Waals surface area (Å²) in [5, 5.41) is 1.44. The summed E-state index contributed by atoms with van der Waals surface area (Å²) in [5.74, 6) is -0.304. The largest absolute Gasteiger partial charge is 0.444 e. The van der Waals surface area contributed by atoms with Gasteiger partial charge in [0.1, 0.15) is 5.60 Å². The zero-order valence-corrected chi connectivity index (χ0v) is 20.1. The molecule has 2 atom stereocenters. The highest BCUT2D eigenvalue weighted by Crippen LogP contribution is 2.35. The average Bonchev–Trinajstić information content (AvgIpc) is 3.14. The van der Waals surface area contributed by atoms with Crippen LogP contribution in [0.15, 0.2) is 42.5 Å². The van der Waals surface area contributed by atoms with Crippen molar-refractivity contribution in [3.05, 3.63) is 68.7 Å². The molecule has 0 radical (unpaired) electrons. The van der Waals surface area contributed by atoms with E-state index in [9.17, 15) is 9.59 Å². The van der Waals surface area contributed by atoms with Crippen LogP contribution >= 0.6 is 34.8 Å². The van der Waals surface area contributed by atoms with Crippen molar-refractivity contribution in [2.24, 2.45) is 0 Å². The van der Waals surface area contributed by atoms with Gasteiger partial charge >= 0.3 is 6.09 Å².